The highest BCUT2D eigenvalue weighted by Gasteiger charge is 2.28. The van der Waals surface area contributed by atoms with Gasteiger partial charge in [-0.3, -0.25) is 14.6 Å². The smallest absolute Gasteiger partial charge is 0.308 e. The lowest BCUT2D eigenvalue weighted by atomic mass is 9.77. The molecule has 2 aromatic carbocycles. The second-order valence-corrected chi connectivity index (χ2v) is 10.3. The Kier molecular flexibility index (Phi) is 8.58. The highest BCUT2D eigenvalue weighted by molar-refractivity contribution is 6.30. The molecule has 0 radical (unpaired) electrons. The van der Waals surface area contributed by atoms with Crippen molar-refractivity contribution < 1.29 is 14.3 Å². The Morgan fingerprint density at radius 3 is 2.36 bits per heavy atom. The van der Waals surface area contributed by atoms with Gasteiger partial charge < -0.3 is 4.74 Å². The lowest BCUT2D eigenvalue weighted by Gasteiger charge is -2.28. The van der Waals surface area contributed by atoms with Crippen molar-refractivity contribution >= 4 is 23.4 Å². The summed E-state index contributed by atoms with van der Waals surface area (Å²) in [6.45, 7) is 6.25. The topological polar surface area (TPSA) is 56.3 Å². The molecule has 1 aliphatic rings. The normalized spacial score (nSPS) is 18.4. The van der Waals surface area contributed by atoms with Gasteiger partial charge in [0.15, 0.2) is 5.78 Å². The van der Waals surface area contributed by atoms with Crippen molar-refractivity contribution in [3.05, 3.63) is 99.3 Å². The largest absolute Gasteiger partial charge is 0.466 e. The van der Waals surface area contributed by atoms with Crippen molar-refractivity contribution in [1.82, 2.24) is 4.98 Å². The van der Waals surface area contributed by atoms with Crippen LogP contribution in [0.25, 0.3) is 0 Å². The van der Waals surface area contributed by atoms with E-state index >= 15 is 0 Å². The predicted octanol–water partition coefficient (Wildman–Crippen LogP) is 7.59. The molecule has 0 spiro atoms. The van der Waals surface area contributed by atoms with E-state index in [1.807, 2.05) is 45.0 Å². The van der Waals surface area contributed by atoms with E-state index in [4.69, 9.17) is 16.3 Å². The van der Waals surface area contributed by atoms with Crippen LogP contribution in [0.1, 0.15) is 89.2 Å². The molecule has 0 saturated heterocycles. The Bertz CT molecular complexity index is 1210. The zero-order chi connectivity index (χ0) is 25.7. The maximum atomic E-state index is 13.3. The number of carbonyl (C=O) groups excluding carboxylic acids is 2. The summed E-state index contributed by atoms with van der Waals surface area (Å²) in [5.74, 6) is 0.446. The van der Waals surface area contributed by atoms with Crippen LogP contribution in [0.15, 0.2) is 60.8 Å². The number of hydrogen-bond donors (Lipinski definition) is 0. The lowest BCUT2D eigenvalue weighted by Crippen LogP contribution is -2.23. The molecule has 4 nitrogen and oxygen atoms in total. The van der Waals surface area contributed by atoms with Gasteiger partial charge in [-0.05, 0) is 98.9 Å². The molecule has 1 heterocycles. The van der Waals surface area contributed by atoms with E-state index in [-0.39, 0.29) is 23.6 Å². The third kappa shape index (κ3) is 6.22. The first-order valence-electron chi connectivity index (χ1n) is 12.8. The molecule has 4 rings (SSSR count). The summed E-state index contributed by atoms with van der Waals surface area (Å²) in [6.07, 6.45) is 5.78. The van der Waals surface area contributed by atoms with Crippen LogP contribution in [-0.4, -0.2) is 23.3 Å². The minimum Gasteiger partial charge on any atom is -0.466 e. The Morgan fingerprint density at radius 2 is 1.72 bits per heavy atom. The molecule has 1 atom stereocenters. The highest BCUT2D eigenvalue weighted by atomic mass is 35.5. The molecule has 188 valence electrons. The fourth-order valence-electron chi connectivity index (χ4n) is 5.38. The van der Waals surface area contributed by atoms with Gasteiger partial charge in [-0.1, -0.05) is 41.9 Å². The Hall–Kier alpha value is -2.98. The zero-order valence-electron chi connectivity index (χ0n) is 21.3. The molecular formula is C31H34ClNO3. The number of Topliss-reactive ketones (excluding diaryl/α,β-unsaturated/α-hetero) is 1. The minimum absolute atomic E-state index is 0.0283. The van der Waals surface area contributed by atoms with Gasteiger partial charge in [0.05, 0.1) is 12.5 Å². The van der Waals surface area contributed by atoms with Crippen molar-refractivity contribution in [2.75, 3.05) is 6.61 Å². The molecule has 36 heavy (non-hydrogen) atoms. The van der Waals surface area contributed by atoms with Gasteiger partial charge >= 0.3 is 5.97 Å². The summed E-state index contributed by atoms with van der Waals surface area (Å²) in [7, 11) is 0. The van der Waals surface area contributed by atoms with Crippen LogP contribution < -0.4 is 0 Å². The maximum Gasteiger partial charge on any atom is 0.308 e. The van der Waals surface area contributed by atoms with Crippen molar-refractivity contribution in [2.45, 2.75) is 64.7 Å². The molecule has 0 amide bonds. The number of aromatic nitrogens is 1. The average Bonchev–Trinajstić information content (AvgIpc) is 2.88. The summed E-state index contributed by atoms with van der Waals surface area (Å²) in [4.78, 5) is 29.6. The first kappa shape index (κ1) is 26.1. The van der Waals surface area contributed by atoms with Crippen molar-refractivity contribution in [3.8, 4) is 0 Å². The standard InChI is InChI=1S/C31H34ClNO3/c1-4-36-31(35)25-11-7-23(8-12-25)22-5-9-24(10-6-22)29(28-14-13-27(32)17-20(28)2)19-30(34)26-15-16-33-21(3)18-26/h5-6,9-10,13-18,23,25,29H,4,7-8,11-12,19H2,1-3H3/t23?,25?,29-/m1/s1. The van der Waals surface area contributed by atoms with Gasteiger partial charge in [0, 0.05) is 34.8 Å². The molecule has 0 aliphatic heterocycles. The summed E-state index contributed by atoms with van der Waals surface area (Å²) < 4.78 is 5.22. The number of rotatable bonds is 8. The van der Waals surface area contributed by atoms with Gasteiger partial charge in [0.2, 0.25) is 0 Å². The van der Waals surface area contributed by atoms with E-state index in [0.717, 1.165) is 48.1 Å². The zero-order valence-corrected chi connectivity index (χ0v) is 22.1. The van der Waals surface area contributed by atoms with Crippen LogP contribution in [0, 0.1) is 19.8 Å². The van der Waals surface area contributed by atoms with E-state index in [2.05, 4.69) is 29.2 Å². The Balaban J connectivity index is 1.55. The molecule has 1 aromatic heterocycles. The van der Waals surface area contributed by atoms with Gasteiger partial charge in [-0.15, -0.1) is 0 Å². The van der Waals surface area contributed by atoms with Gasteiger partial charge in [-0.2, -0.15) is 0 Å². The lowest BCUT2D eigenvalue weighted by molar-refractivity contribution is -0.149. The van der Waals surface area contributed by atoms with Crippen molar-refractivity contribution in [2.24, 2.45) is 5.92 Å². The number of benzene rings is 2. The predicted molar refractivity (Wildman–Crippen MR) is 144 cm³/mol. The number of hydrogen-bond acceptors (Lipinski definition) is 4. The monoisotopic (exact) mass is 503 g/mol. The van der Waals surface area contributed by atoms with E-state index in [1.165, 1.54) is 5.56 Å². The Labute approximate surface area is 219 Å². The van der Waals surface area contributed by atoms with Crippen LogP contribution in [0.2, 0.25) is 5.02 Å². The van der Waals surface area contributed by atoms with Crippen LogP contribution in [0.4, 0.5) is 0 Å². The third-order valence-corrected chi connectivity index (χ3v) is 7.61. The number of esters is 1. The first-order valence-corrected chi connectivity index (χ1v) is 13.2. The number of carbonyl (C=O) groups is 2. The second kappa shape index (κ2) is 11.8. The summed E-state index contributed by atoms with van der Waals surface area (Å²) in [5.41, 5.74) is 6.12. The number of ether oxygens (including phenoxy) is 1. The van der Waals surface area contributed by atoms with Crippen LogP contribution >= 0.6 is 11.6 Å². The number of pyridine rings is 1. The third-order valence-electron chi connectivity index (χ3n) is 7.37. The van der Waals surface area contributed by atoms with Crippen molar-refractivity contribution in [3.63, 3.8) is 0 Å². The molecule has 1 fully saturated rings. The second-order valence-electron chi connectivity index (χ2n) is 9.83. The fourth-order valence-corrected chi connectivity index (χ4v) is 5.61. The van der Waals surface area contributed by atoms with Gasteiger partial charge in [-0.25, -0.2) is 0 Å². The SMILES string of the molecule is CCOC(=O)C1CCC(c2ccc([C@@H](CC(=O)c3ccnc(C)c3)c3ccc(Cl)cc3C)cc2)CC1. The quantitative estimate of drug-likeness (QED) is 0.234. The molecular weight excluding hydrogens is 470 g/mol. The number of ketones is 1. The van der Waals surface area contributed by atoms with E-state index in [1.54, 1.807) is 12.3 Å². The Morgan fingerprint density at radius 1 is 1.00 bits per heavy atom. The molecule has 0 bridgehead atoms. The summed E-state index contributed by atoms with van der Waals surface area (Å²) >= 11 is 6.24. The summed E-state index contributed by atoms with van der Waals surface area (Å²) in [5, 5.41) is 0.694. The fraction of sp³-hybridized carbons (Fsp3) is 0.387. The molecule has 1 aliphatic carbocycles. The average molecular weight is 504 g/mol. The van der Waals surface area contributed by atoms with Crippen LogP contribution in [-0.2, 0) is 9.53 Å². The molecule has 3 aromatic rings. The first-order chi connectivity index (χ1) is 17.4. The maximum absolute atomic E-state index is 13.3. The van der Waals surface area contributed by atoms with Gasteiger partial charge in [0.25, 0.3) is 0 Å². The number of nitrogens with zero attached hydrogens (tertiary/aromatic N) is 1. The van der Waals surface area contributed by atoms with Crippen LogP contribution in [0.3, 0.4) is 0 Å². The molecule has 0 unspecified atom stereocenters. The van der Waals surface area contributed by atoms with E-state index < -0.39 is 0 Å². The minimum atomic E-state index is -0.0724. The number of aryl methyl sites for hydroxylation is 2. The van der Waals surface area contributed by atoms with E-state index in [9.17, 15) is 9.59 Å². The highest BCUT2D eigenvalue weighted by Crippen LogP contribution is 2.38. The summed E-state index contributed by atoms with van der Waals surface area (Å²) in [6, 6.07) is 18.3. The van der Waals surface area contributed by atoms with Crippen molar-refractivity contribution in [1.29, 1.82) is 0 Å². The molecule has 5 heteroatoms. The van der Waals surface area contributed by atoms with Crippen LogP contribution in [0.5, 0.6) is 0 Å². The molecule has 0 N–H and O–H groups in total. The van der Waals surface area contributed by atoms with Gasteiger partial charge in [0.1, 0.15) is 0 Å². The van der Waals surface area contributed by atoms with E-state index in [0.29, 0.717) is 29.5 Å². The number of halogens is 1. The molecule has 1 saturated carbocycles.